The summed E-state index contributed by atoms with van der Waals surface area (Å²) in [6.45, 7) is 4.81. The van der Waals surface area contributed by atoms with Gasteiger partial charge in [0.15, 0.2) is 0 Å². The highest BCUT2D eigenvalue weighted by Crippen LogP contribution is 1.94. The first kappa shape index (κ1) is 14.8. The summed E-state index contributed by atoms with van der Waals surface area (Å²) in [5.41, 5.74) is 0.744. The molecule has 0 aromatic heterocycles. The van der Waals surface area contributed by atoms with Crippen molar-refractivity contribution in [3.63, 3.8) is 0 Å². The molecule has 0 rings (SSSR count). The van der Waals surface area contributed by atoms with Gasteiger partial charge in [-0.15, -0.1) is 12.4 Å². The standard InChI is InChI=1S/C9H18N2O.ClH/c1-5-6-10-7-8(2)9(12)11(3)4;/h7,10H,5-6H2,1-4H3;1H. The van der Waals surface area contributed by atoms with Crippen LogP contribution in [0.3, 0.4) is 0 Å². The Morgan fingerprint density at radius 1 is 1.46 bits per heavy atom. The first-order valence-corrected chi connectivity index (χ1v) is 4.21. The van der Waals surface area contributed by atoms with Gasteiger partial charge in [0.1, 0.15) is 0 Å². The van der Waals surface area contributed by atoms with E-state index in [1.165, 1.54) is 0 Å². The minimum atomic E-state index is 0. The molecule has 0 saturated heterocycles. The predicted molar refractivity (Wildman–Crippen MR) is 58.0 cm³/mol. The van der Waals surface area contributed by atoms with E-state index in [0.717, 1.165) is 18.5 Å². The van der Waals surface area contributed by atoms with Crippen molar-refractivity contribution in [2.75, 3.05) is 20.6 Å². The van der Waals surface area contributed by atoms with E-state index >= 15 is 0 Å². The third-order valence-electron chi connectivity index (χ3n) is 1.46. The van der Waals surface area contributed by atoms with Crippen LogP contribution in [0.5, 0.6) is 0 Å². The normalized spacial score (nSPS) is 10.3. The van der Waals surface area contributed by atoms with Gasteiger partial charge < -0.3 is 10.2 Å². The fraction of sp³-hybridized carbons (Fsp3) is 0.667. The van der Waals surface area contributed by atoms with E-state index < -0.39 is 0 Å². The Bertz CT molecular complexity index is 178. The van der Waals surface area contributed by atoms with Crippen LogP contribution in [0.15, 0.2) is 11.8 Å². The second-order valence-corrected chi connectivity index (χ2v) is 2.98. The van der Waals surface area contributed by atoms with Crippen LogP contribution >= 0.6 is 12.4 Å². The Morgan fingerprint density at radius 3 is 2.38 bits per heavy atom. The van der Waals surface area contributed by atoms with E-state index in [1.54, 1.807) is 25.2 Å². The molecule has 4 heteroatoms. The van der Waals surface area contributed by atoms with E-state index in [1.807, 2.05) is 6.92 Å². The number of nitrogens with zero attached hydrogens (tertiary/aromatic N) is 1. The molecule has 1 N–H and O–H groups in total. The molecule has 0 aliphatic carbocycles. The number of halogens is 1. The summed E-state index contributed by atoms with van der Waals surface area (Å²) in [5.74, 6) is 0.0543. The van der Waals surface area contributed by atoms with Crippen molar-refractivity contribution >= 4 is 18.3 Å². The van der Waals surface area contributed by atoms with Crippen molar-refractivity contribution in [2.45, 2.75) is 20.3 Å². The first-order valence-electron chi connectivity index (χ1n) is 4.21. The van der Waals surface area contributed by atoms with Gasteiger partial charge in [-0.1, -0.05) is 6.92 Å². The number of amides is 1. The zero-order chi connectivity index (χ0) is 9.56. The molecular weight excluding hydrogens is 188 g/mol. The summed E-state index contributed by atoms with van der Waals surface area (Å²) in [5, 5.41) is 3.06. The lowest BCUT2D eigenvalue weighted by Crippen LogP contribution is -2.23. The quantitative estimate of drug-likeness (QED) is 0.557. The van der Waals surface area contributed by atoms with Gasteiger partial charge in [-0.2, -0.15) is 0 Å². The maximum Gasteiger partial charge on any atom is 0.250 e. The van der Waals surface area contributed by atoms with Gasteiger partial charge in [-0.3, -0.25) is 4.79 Å². The zero-order valence-corrected chi connectivity index (χ0v) is 9.57. The van der Waals surface area contributed by atoms with Gasteiger partial charge in [0.25, 0.3) is 0 Å². The van der Waals surface area contributed by atoms with Gasteiger partial charge in [-0.05, 0) is 13.3 Å². The molecule has 3 nitrogen and oxygen atoms in total. The van der Waals surface area contributed by atoms with Gasteiger partial charge in [0, 0.05) is 32.4 Å². The second-order valence-electron chi connectivity index (χ2n) is 2.98. The van der Waals surface area contributed by atoms with E-state index in [9.17, 15) is 4.79 Å². The third kappa shape index (κ3) is 6.46. The van der Waals surface area contributed by atoms with E-state index in [4.69, 9.17) is 0 Å². The summed E-state index contributed by atoms with van der Waals surface area (Å²) in [6, 6.07) is 0. The molecule has 78 valence electrons. The molecule has 0 aromatic rings. The van der Waals surface area contributed by atoms with Crippen LogP contribution in [0.2, 0.25) is 0 Å². The van der Waals surface area contributed by atoms with Crippen LogP contribution < -0.4 is 5.32 Å². The van der Waals surface area contributed by atoms with Gasteiger partial charge in [-0.25, -0.2) is 0 Å². The zero-order valence-electron chi connectivity index (χ0n) is 8.76. The van der Waals surface area contributed by atoms with Crippen LogP contribution in [0.1, 0.15) is 20.3 Å². The van der Waals surface area contributed by atoms with Crippen LogP contribution in [-0.4, -0.2) is 31.4 Å². The summed E-state index contributed by atoms with van der Waals surface area (Å²) in [6.07, 6.45) is 2.84. The van der Waals surface area contributed by atoms with E-state index in [0.29, 0.717) is 0 Å². The average molecular weight is 207 g/mol. The monoisotopic (exact) mass is 206 g/mol. The summed E-state index contributed by atoms with van der Waals surface area (Å²) in [7, 11) is 3.50. The highest BCUT2D eigenvalue weighted by molar-refractivity contribution is 5.92. The fourth-order valence-electron chi connectivity index (χ4n) is 0.784. The highest BCUT2D eigenvalue weighted by Gasteiger charge is 2.04. The number of rotatable bonds is 4. The number of hydrogen-bond donors (Lipinski definition) is 1. The number of carbonyl (C=O) groups is 1. The topological polar surface area (TPSA) is 32.3 Å². The van der Waals surface area contributed by atoms with Crippen molar-refractivity contribution in [3.05, 3.63) is 11.8 Å². The van der Waals surface area contributed by atoms with E-state index in [-0.39, 0.29) is 18.3 Å². The summed E-state index contributed by atoms with van der Waals surface area (Å²) in [4.78, 5) is 12.8. The van der Waals surface area contributed by atoms with Gasteiger partial charge in [0.05, 0.1) is 0 Å². The summed E-state index contributed by atoms with van der Waals surface area (Å²) >= 11 is 0. The minimum absolute atomic E-state index is 0. The lowest BCUT2D eigenvalue weighted by Gasteiger charge is -2.10. The molecule has 0 fully saturated rings. The Morgan fingerprint density at radius 2 is 2.00 bits per heavy atom. The maximum atomic E-state index is 11.3. The number of hydrogen-bond acceptors (Lipinski definition) is 2. The third-order valence-corrected chi connectivity index (χ3v) is 1.46. The number of nitrogens with one attached hydrogen (secondary N) is 1. The van der Waals surface area contributed by atoms with Crippen molar-refractivity contribution in [3.8, 4) is 0 Å². The van der Waals surface area contributed by atoms with Crippen molar-refractivity contribution in [1.82, 2.24) is 10.2 Å². The molecule has 0 aromatic carbocycles. The smallest absolute Gasteiger partial charge is 0.250 e. The highest BCUT2D eigenvalue weighted by atomic mass is 35.5. The lowest BCUT2D eigenvalue weighted by molar-refractivity contribution is -0.124. The van der Waals surface area contributed by atoms with Crippen molar-refractivity contribution < 1.29 is 4.79 Å². The molecule has 0 unspecified atom stereocenters. The molecular formula is C9H19ClN2O. The maximum absolute atomic E-state index is 11.3. The van der Waals surface area contributed by atoms with Crippen LogP contribution in [-0.2, 0) is 4.79 Å². The molecule has 0 spiro atoms. The Kier molecular flexibility index (Phi) is 9.02. The van der Waals surface area contributed by atoms with Crippen molar-refractivity contribution in [2.24, 2.45) is 0 Å². The Hall–Kier alpha value is -0.700. The molecule has 0 bridgehead atoms. The number of carbonyl (C=O) groups excluding carboxylic acids is 1. The Labute approximate surface area is 86.6 Å². The van der Waals surface area contributed by atoms with Crippen LogP contribution in [0, 0.1) is 0 Å². The summed E-state index contributed by atoms with van der Waals surface area (Å²) < 4.78 is 0. The minimum Gasteiger partial charge on any atom is -0.391 e. The second kappa shape index (κ2) is 7.92. The molecule has 0 heterocycles. The average Bonchev–Trinajstić information content (AvgIpc) is 2.03. The molecule has 0 saturated carbocycles. The largest absolute Gasteiger partial charge is 0.391 e. The predicted octanol–water partition coefficient (Wildman–Crippen LogP) is 1.40. The first-order chi connectivity index (χ1) is 5.59. The molecule has 0 radical (unpaired) electrons. The lowest BCUT2D eigenvalue weighted by atomic mass is 10.3. The molecule has 13 heavy (non-hydrogen) atoms. The Balaban J connectivity index is 0. The van der Waals surface area contributed by atoms with Gasteiger partial charge >= 0.3 is 0 Å². The fourth-order valence-corrected chi connectivity index (χ4v) is 0.784. The van der Waals surface area contributed by atoms with E-state index in [2.05, 4.69) is 12.2 Å². The van der Waals surface area contributed by atoms with Crippen LogP contribution in [0.4, 0.5) is 0 Å². The number of likely N-dealkylation sites (N-methyl/N-ethyl adjacent to an activating group) is 1. The molecule has 1 amide bonds. The SMILES string of the molecule is CCCNC=C(C)C(=O)N(C)C.Cl. The molecule has 0 atom stereocenters. The molecule has 0 aliphatic heterocycles. The van der Waals surface area contributed by atoms with Gasteiger partial charge in [0.2, 0.25) is 5.91 Å². The molecule has 0 aliphatic rings. The van der Waals surface area contributed by atoms with Crippen molar-refractivity contribution in [1.29, 1.82) is 0 Å². The van der Waals surface area contributed by atoms with Crippen LogP contribution in [0.25, 0.3) is 0 Å².